The minimum Gasteiger partial charge on any atom is -0.309 e. The lowest BCUT2D eigenvalue weighted by Gasteiger charge is -2.19. The average molecular weight is 461 g/mol. The third-order valence-corrected chi connectivity index (χ3v) is 8.65. The van der Waals surface area contributed by atoms with Crippen molar-refractivity contribution in [2.45, 2.75) is 25.7 Å². The van der Waals surface area contributed by atoms with Crippen LogP contribution in [0.4, 0.5) is 0 Å². The SMILES string of the molecule is c1ccc(-n2c3cc4c(cc3c3c2ccc2c5cc6c(cc5n(-c5ccccc5)c23)CC6)CC4)cc1. The molecule has 0 unspecified atom stereocenters. The molecule has 2 aromatic heterocycles. The van der Waals surface area contributed by atoms with Crippen LogP contribution in [0.25, 0.3) is 55.0 Å². The summed E-state index contributed by atoms with van der Waals surface area (Å²) in [6.45, 7) is 0. The van der Waals surface area contributed by atoms with Gasteiger partial charge in [-0.05, 0) is 103 Å². The van der Waals surface area contributed by atoms with E-state index in [1.54, 1.807) is 0 Å². The number of nitrogens with zero attached hydrogens (tertiary/aromatic N) is 2. The number of aromatic nitrogens is 2. The van der Waals surface area contributed by atoms with Gasteiger partial charge in [0.25, 0.3) is 0 Å². The van der Waals surface area contributed by atoms with Crippen LogP contribution in [0.15, 0.2) is 97.1 Å². The predicted octanol–water partition coefficient (Wildman–Crippen LogP) is 8.08. The van der Waals surface area contributed by atoms with E-state index in [1.165, 1.54) is 103 Å². The molecule has 0 saturated heterocycles. The molecule has 2 nitrogen and oxygen atoms in total. The Kier molecular flexibility index (Phi) is 3.51. The molecule has 9 rings (SSSR count). The first-order valence-electron chi connectivity index (χ1n) is 13.0. The number of hydrogen-bond acceptors (Lipinski definition) is 0. The second-order valence-electron chi connectivity index (χ2n) is 10.5. The fourth-order valence-electron chi connectivity index (χ4n) is 6.69. The zero-order valence-corrected chi connectivity index (χ0v) is 20.0. The number of rotatable bonds is 2. The summed E-state index contributed by atoms with van der Waals surface area (Å²) in [5.74, 6) is 0. The number of fused-ring (bicyclic) bond motifs is 9. The Morgan fingerprint density at radius 1 is 0.417 bits per heavy atom. The van der Waals surface area contributed by atoms with Gasteiger partial charge in [-0.3, -0.25) is 0 Å². The van der Waals surface area contributed by atoms with Crippen LogP contribution in [0.3, 0.4) is 0 Å². The van der Waals surface area contributed by atoms with E-state index < -0.39 is 0 Å². The zero-order valence-electron chi connectivity index (χ0n) is 20.0. The molecule has 0 amide bonds. The summed E-state index contributed by atoms with van der Waals surface area (Å²) in [6, 6.07) is 36.4. The Bertz CT molecular complexity index is 2020. The summed E-state index contributed by atoms with van der Waals surface area (Å²) in [7, 11) is 0. The van der Waals surface area contributed by atoms with Crippen LogP contribution < -0.4 is 0 Å². The minimum absolute atomic E-state index is 1.19. The van der Waals surface area contributed by atoms with Gasteiger partial charge < -0.3 is 9.13 Å². The van der Waals surface area contributed by atoms with Crippen molar-refractivity contribution in [1.29, 1.82) is 0 Å². The van der Waals surface area contributed by atoms with Gasteiger partial charge in [-0.2, -0.15) is 0 Å². The van der Waals surface area contributed by atoms with Crippen molar-refractivity contribution >= 4 is 43.6 Å². The first-order chi connectivity index (χ1) is 17.8. The molecule has 2 aliphatic rings. The van der Waals surface area contributed by atoms with E-state index in [9.17, 15) is 0 Å². The van der Waals surface area contributed by atoms with E-state index in [-0.39, 0.29) is 0 Å². The highest BCUT2D eigenvalue weighted by Crippen LogP contribution is 2.44. The number of hydrogen-bond donors (Lipinski definition) is 0. The second-order valence-corrected chi connectivity index (χ2v) is 10.5. The molecule has 36 heavy (non-hydrogen) atoms. The van der Waals surface area contributed by atoms with Crippen molar-refractivity contribution in [2.75, 3.05) is 0 Å². The van der Waals surface area contributed by atoms with Crippen LogP contribution in [0.1, 0.15) is 22.3 Å². The quantitative estimate of drug-likeness (QED) is 0.247. The van der Waals surface area contributed by atoms with Crippen LogP contribution in [0.2, 0.25) is 0 Å². The maximum atomic E-state index is 2.53. The molecule has 2 heterocycles. The maximum Gasteiger partial charge on any atom is 0.0641 e. The van der Waals surface area contributed by atoms with Crippen molar-refractivity contribution in [3.63, 3.8) is 0 Å². The lowest BCUT2D eigenvalue weighted by atomic mass is 9.87. The smallest absolute Gasteiger partial charge is 0.0641 e. The first-order valence-corrected chi connectivity index (χ1v) is 13.0. The first kappa shape index (κ1) is 19.0. The van der Waals surface area contributed by atoms with E-state index in [0.29, 0.717) is 0 Å². The Morgan fingerprint density at radius 3 is 1.56 bits per heavy atom. The van der Waals surface area contributed by atoms with Crippen LogP contribution in [-0.2, 0) is 25.7 Å². The zero-order chi connectivity index (χ0) is 23.4. The van der Waals surface area contributed by atoms with Crippen molar-refractivity contribution in [1.82, 2.24) is 9.13 Å². The summed E-state index contributed by atoms with van der Waals surface area (Å²) >= 11 is 0. The van der Waals surface area contributed by atoms with Crippen LogP contribution in [-0.4, -0.2) is 9.13 Å². The molecule has 0 spiro atoms. The highest BCUT2D eigenvalue weighted by molar-refractivity contribution is 6.26. The van der Waals surface area contributed by atoms with Crippen molar-refractivity contribution < 1.29 is 0 Å². The largest absolute Gasteiger partial charge is 0.309 e. The van der Waals surface area contributed by atoms with Gasteiger partial charge in [-0.1, -0.05) is 42.5 Å². The topological polar surface area (TPSA) is 9.86 Å². The highest BCUT2D eigenvalue weighted by Gasteiger charge is 2.25. The lowest BCUT2D eigenvalue weighted by molar-refractivity contribution is 0.843. The monoisotopic (exact) mass is 460 g/mol. The molecule has 2 aliphatic carbocycles. The molecular weight excluding hydrogens is 436 g/mol. The summed E-state index contributed by atoms with van der Waals surface area (Å²) in [5, 5.41) is 5.46. The molecule has 0 N–H and O–H groups in total. The Labute approximate surface area is 209 Å². The third-order valence-electron chi connectivity index (χ3n) is 8.65. The van der Waals surface area contributed by atoms with E-state index >= 15 is 0 Å². The van der Waals surface area contributed by atoms with E-state index in [2.05, 4.69) is 106 Å². The van der Waals surface area contributed by atoms with Gasteiger partial charge in [0.1, 0.15) is 0 Å². The highest BCUT2D eigenvalue weighted by atomic mass is 15.0. The van der Waals surface area contributed by atoms with E-state index in [4.69, 9.17) is 0 Å². The molecule has 0 saturated carbocycles. The van der Waals surface area contributed by atoms with Gasteiger partial charge in [0.15, 0.2) is 0 Å². The van der Waals surface area contributed by atoms with Crippen LogP contribution in [0, 0.1) is 0 Å². The fraction of sp³-hybridized carbons (Fsp3) is 0.118. The number of benzene rings is 5. The van der Waals surface area contributed by atoms with Gasteiger partial charge >= 0.3 is 0 Å². The molecule has 0 aliphatic heterocycles. The second kappa shape index (κ2) is 6.67. The fourth-order valence-corrected chi connectivity index (χ4v) is 6.69. The molecule has 0 atom stereocenters. The van der Waals surface area contributed by atoms with Gasteiger partial charge in [0.2, 0.25) is 0 Å². The van der Waals surface area contributed by atoms with Crippen molar-refractivity contribution in [3.8, 4) is 11.4 Å². The van der Waals surface area contributed by atoms with E-state index in [1.807, 2.05) is 0 Å². The third kappa shape index (κ3) is 2.32. The summed E-state index contributed by atoms with van der Waals surface area (Å²) < 4.78 is 5.00. The van der Waals surface area contributed by atoms with Crippen LogP contribution >= 0.6 is 0 Å². The molecule has 7 aromatic rings. The number of para-hydroxylation sites is 2. The van der Waals surface area contributed by atoms with Gasteiger partial charge in [0.05, 0.1) is 22.1 Å². The Balaban J connectivity index is 1.55. The van der Waals surface area contributed by atoms with Gasteiger partial charge in [-0.15, -0.1) is 0 Å². The molecule has 0 bridgehead atoms. The number of aryl methyl sites for hydroxylation is 4. The summed E-state index contributed by atoms with van der Waals surface area (Å²) in [4.78, 5) is 0. The molecular formula is C34H24N2. The van der Waals surface area contributed by atoms with Crippen molar-refractivity contribution in [3.05, 3.63) is 119 Å². The summed E-state index contributed by atoms with van der Waals surface area (Å²) in [6.07, 6.45) is 4.77. The van der Waals surface area contributed by atoms with Crippen LogP contribution in [0.5, 0.6) is 0 Å². The molecule has 5 aromatic carbocycles. The van der Waals surface area contributed by atoms with E-state index in [0.717, 1.165) is 0 Å². The normalized spacial score (nSPS) is 14.2. The van der Waals surface area contributed by atoms with Crippen molar-refractivity contribution in [2.24, 2.45) is 0 Å². The Hall–Kier alpha value is -4.30. The molecule has 0 fully saturated rings. The molecule has 170 valence electrons. The van der Waals surface area contributed by atoms with Gasteiger partial charge in [-0.25, -0.2) is 0 Å². The lowest BCUT2D eigenvalue weighted by Crippen LogP contribution is -2.08. The Morgan fingerprint density at radius 2 is 0.944 bits per heavy atom. The average Bonchev–Trinajstić information content (AvgIpc) is 3.39. The molecule has 2 heteroatoms. The maximum absolute atomic E-state index is 2.53. The predicted molar refractivity (Wildman–Crippen MR) is 150 cm³/mol. The summed E-state index contributed by atoms with van der Waals surface area (Å²) in [5.41, 5.74) is 13.7. The molecule has 0 radical (unpaired) electrons. The minimum atomic E-state index is 1.19. The standard InChI is InChI=1S/C34H24N2/c1-3-7-25(8-4-1)35-30-16-15-27-28-17-21-11-13-23(21)19-31(28)36(26-9-5-2-6-10-26)34(27)33(30)29-18-22-12-14-24(22)20-32(29)35/h1-10,15-20H,11-14H2. The van der Waals surface area contributed by atoms with Gasteiger partial charge in [0, 0.05) is 32.9 Å².